The molecule has 1 unspecified atom stereocenters. The molecule has 86 valence electrons. The van der Waals surface area contributed by atoms with Gasteiger partial charge in [0.25, 0.3) is 0 Å². The minimum absolute atomic E-state index is 0.354. The van der Waals surface area contributed by atoms with Crippen molar-refractivity contribution in [1.29, 1.82) is 5.26 Å². The first-order valence-electron chi connectivity index (χ1n) is 4.88. The Morgan fingerprint density at radius 3 is 2.88 bits per heavy atom. The Balaban J connectivity index is 2.95. The summed E-state index contributed by atoms with van der Waals surface area (Å²) in [6.07, 6.45) is 2.07. The van der Waals surface area contributed by atoms with E-state index in [9.17, 15) is 0 Å². The van der Waals surface area contributed by atoms with Crippen LogP contribution < -0.4 is 4.90 Å². The lowest BCUT2D eigenvalue weighted by Crippen LogP contribution is -2.31. The highest BCUT2D eigenvalue weighted by molar-refractivity contribution is 7.98. The minimum Gasteiger partial charge on any atom is -0.356 e. The molecule has 1 aromatic heterocycles. The monoisotopic (exact) mass is 255 g/mol. The molecule has 0 amide bonds. The zero-order chi connectivity index (χ0) is 12.1. The number of aromatic nitrogens is 1. The van der Waals surface area contributed by atoms with Crippen LogP contribution in [0.1, 0.15) is 12.5 Å². The zero-order valence-corrected chi connectivity index (χ0v) is 11.1. The molecule has 1 rings (SSSR count). The molecule has 5 heteroatoms. The molecule has 1 atom stereocenters. The summed E-state index contributed by atoms with van der Waals surface area (Å²) >= 11 is 7.64. The summed E-state index contributed by atoms with van der Waals surface area (Å²) in [6.45, 7) is 2.12. The fourth-order valence-corrected chi connectivity index (χ4v) is 2.22. The van der Waals surface area contributed by atoms with Gasteiger partial charge in [-0.1, -0.05) is 11.6 Å². The van der Waals surface area contributed by atoms with Crippen molar-refractivity contribution < 1.29 is 0 Å². The lowest BCUT2D eigenvalue weighted by Gasteiger charge is -2.25. The summed E-state index contributed by atoms with van der Waals surface area (Å²) in [7, 11) is 1.96. The molecule has 0 aliphatic heterocycles. The van der Waals surface area contributed by atoms with Crippen molar-refractivity contribution in [3.63, 3.8) is 0 Å². The van der Waals surface area contributed by atoms with Gasteiger partial charge >= 0.3 is 0 Å². The van der Waals surface area contributed by atoms with E-state index >= 15 is 0 Å². The predicted molar refractivity (Wildman–Crippen MR) is 70.2 cm³/mol. The number of halogens is 1. The van der Waals surface area contributed by atoms with Crippen molar-refractivity contribution in [2.75, 3.05) is 24.0 Å². The van der Waals surface area contributed by atoms with E-state index in [1.807, 2.05) is 11.9 Å². The molecule has 0 aliphatic rings. The van der Waals surface area contributed by atoms with E-state index in [0.717, 1.165) is 11.6 Å². The van der Waals surface area contributed by atoms with Crippen LogP contribution in [0.5, 0.6) is 0 Å². The van der Waals surface area contributed by atoms with Gasteiger partial charge in [0.15, 0.2) is 0 Å². The molecule has 16 heavy (non-hydrogen) atoms. The Labute approximate surface area is 105 Å². The van der Waals surface area contributed by atoms with Crippen molar-refractivity contribution in [2.45, 2.75) is 13.0 Å². The smallest absolute Gasteiger partial charge is 0.132 e. The molecule has 0 aliphatic carbocycles. The van der Waals surface area contributed by atoms with Crippen LogP contribution in [0.3, 0.4) is 0 Å². The van der Waals surface area contributed by atoms with Crippen molar-refractivity contribution in [3.8, 4) is 6.07 Å². The molecular formula is C11H14ClN3S. The van der Waals surface area contributed by atoms with E-state index < -0.39 is 0 Å². The largest absolute Gasteiger partial charge is 0.356 e. The van der Waals surface area contributed by atoms with Crippen LogP contribution in [0.15, 0.2) is 12.1 Å². The van der Waals surface area contributed by atoms with E-state index in [0.29, 0.717) is 16.8 Å². The molecular weight excluding hydrogens is 242 g/mol. The number of anilines is 1. The van der Waals surface area contributed by atoms with Crippen LogP contribution in [0.25, 0.3) is 0 Å². The third-order valence-electron chi connectivity index (χ3n) is 2.34. The summed E-state index contributed by atoms with van der Waals surface area (Å²) in [5.41, 5.74) is 0.540. The van der Waals surface area contributed by atoms with Gasteiger partial charge in [-0.3, -0.25) is 0 Å². The fourth-order valence-electron chi connectivity index (χ4n) is 1.31. The summed E-state index contributed by atoms with van der Waals surface area (Å²) in [6, 6.07) is 5.75. The molecule has 1 aromatic rings. The molecule has 0 saturated carbocycles. The quantitative estimate of drug-likeness (QED) is 0.776. The van der Waals surface area contributed by atoms with Gasteiger partial charge in [0.1, 0.15) is 11.0 Å². The normalized spacial score (nSPS) is 11.9. The maximum absolute atomic E-state index is 8.85. The van der Waals surface area contributed by atoms with Gasteiger partial charge in [-0.25, -0.2) is 4.98 Å². The van der Waals surface area contributed by atoms with Crippen LogP contribution in [-0.2, 0) is 0 Å². The second kappa shape index (κ2) is 5.97. The zero-order valence-electron chi connectivity index (χ0n) is 9.57. The highest BCUT2D eigenvalue weighted by Gasteiger charge is 2.12. The molecule has 0 spiro atoms. The third-order valence-corrected chi connectivity index (χ3v) is 3.35. The first kappa shape index (κ1) is 13.1. The number of pyridine rings is 1. The van der Waals surface area contributed by atoms with Crippen molar-refractivity contribution in [3.05, 3.63) is 22.8 Å². The van der Waals surface area contributed by atoms with Crippen molar-refractivity contribution in [1.82, 2.24) is 4.98 Å². The predicted octanol–water partition coefficient (Wildman–Crippen LogP) is 2.79. The standard InChI is InChI=1S/C11H14ClN3S/c1-8(7-16-3)15(2)11-5-9(6-13)4-10(12)14-11/h4-5,8H,7H2,1-3H3. The molecule has 0 bridgehead atoms. The number of hydrogen-bond donors (Lipinski definition) is 0. The molecule has 3 nitrogen and oxygen atoms in total. The number of thioether (sulfide) groups is 1. The molecule has 0 fully saturated rings. The Hall–Kier alpha value is -0.920. The average Bonchev–Trinajstić information content (AvgIpc) is 2.27. The number of nitrogens with zero attached hydrogens (tertiary/aromatic N) is 3. The summed E-state index contributed by atoms with van der Waals surface area (Å²) in [5, 5.41) is 9.21. The molecule has 0 N–H and O–H groups in total. The van der Waals surface area contributed by atoms with Crippen LogP contribution in [-0.4, -0.2) is 30.1 Å². The Morgan fingerprint density at radius 2 is 2.31 bits per heavy atom. The number of hydrogen-bond acceptors (Lipinski definition) is 4. The topological polar surface area (TPSA) is 39.9 Å². The van der Waals surface area contributed by atoms with E-state index in [1.54, 1.807) is 23.9 Å². The van der Waals surface area contributed by atoms with Crippen LogP contribution in [0.2, 0.25) is 5.15 Å². The van der Waals surface area contributed by atoms with Crippen LogP contribution in [0, 0.1) is 11.3 Å². The van der Waals surface area contributed by atoms with Crippen molar-refractivity contribution in [2.24, 2.45) is 0 Å². The highest BCUT2D eigenvalue weighted by Crippen LogP contribution is 2.19. The van der Waals surface area contributed by atoms with Gasteiger partial charge in [0.05, 0.1) is 11.6 Å². The second-order valence-electron chi connectivity index (χ2n) is 3.56. The van der Waals surface area contributed by atoms with Crippen molar-refractivity contribution >= 4 is 29.2 Å². The number of nitriles is 1. The highest BCUT2D eigenvalue weighted by atomic mass is 35.5. The summed E-state index contributed by atoms with van der Waals surface area (Å²) < 4.78 is 0. The minimum atomic E-state index is 0.354. The molecule has 0 aromatic carbocycles. The Kier molecular flexibility index (Phi) is 4.91. The lowest BCUT2D eigenvalue weighted by atomic mass is 10.2. The average molecular weight is 256 g/mol. The maximum Gasteiger partial charge on any atom is 0.132 e. The molecule has 1 heterocycles. The van der Waals surface area contributed by atoms with E-state index in [-0.39, 0.29) is 0 Å². The Bertz CT molecular complexity index is 403. The van der Waals surface area contributed by atoms with Crippen LogP contribution in [0.4, 0.5) is 5.82 Å². The first-order chi connectivity index (χ1) is 7.58. The molecule has 0 radical (unpaired) electrons. The number of rotatable bonds is 4. The van der Waals surface area contributed by atoms with E-state index in [1.165, 1.54) is 0 Å². The maximum atomic E-state index is 8.85. The van der Waals surface area contributed by atoms with Gasteiger partial charge in [0.2, 0.25) is 0 Å². The summed E-state index contributed by atoms with van der Waals surface area (Å²) in [5.74, 6) is 1.75. The van der Waals surface area contributed by atoms with Crippen LogP contribution >= 0.6 is 23.4 Å². The van der Waals surface area contributed by atoms with Gasteiger partial charge in [0, 0.05) is 18.8 Å². The van der Waals surface area contributed by atoms with Gasteiger partial charge < -0.3 is 4.90 Å². The fraction of sp³-hybridized carbons (Fsp3) is 0.455. The lowest BCUT2D eigenvalue weighted by molar-refractivity contribution is 0.753. The summed E-state index contributed by atoms with van der Waals surface area (Å²) in [4.78, 5) is 6.25. The Morgan fingerprint density at radius 1 is 1.62 bits per heavy atom. The van der Waals surface area contributed by atoms with Gasteiger partial charge in [-0.2, -0.15) is 17.0 Å². The second-order valence-corrected chi connectivity index (χ2v) is 4.86. The SMILES string of the molecule is CSCC(C)N(C)c1cc(C#N)cc(Cl)n1. The van der Waals surface area contributed by atoms with E-state index in [2.05, 4.69) is 24.2 Å². The van der Waals surface area contributed by atoms with E-state index in [4.69, 9.17) is 16.9 Å². The van der Waals surface area contributed by atoms with Gasteiger partial charge in [-0.05, 0) is 25.3 Å². The third kappa shape index (κ3) is 3.29. The van der Waals surface area contributed by atoms with Gasteiger partial charge in [-0.15, -0.1) is 0 Å². The first-order valence-corrected chi connectivity index (χ1v) is 6.65. The molecule has 0 saturated heterocycles.